The van der Waals surface area contributed by atoms with Crippen molar-refractivity contribution in [3.63, 3.8) is 0 Å². The van der Waals surface area contributed by atoms with Gasteiger partial charge in [-0.3, -0.25) is 0 Å². The molecule has 0 bridgehead atoms. The second kappa shape index (κ2) is 5.69. The second-order valence-electron chi connectivity index (χ2n) is 4.54. The first kappa shape index (κ1) is 15.2. The van der Waals surface area contributed by atoms with Gasteiger partial charge in [-0.15, -0.1) is 0 Å². The van der Waals surface area contributed by atoms with Gasteiger partial charge in [0.1, 0.15) is 0 Å². The minimum atomic E-state index is -3.80. The van der Waals surface area contributed by atoms with E-state index >= 15 is 0 Å². The Balaban J connectivity index is 2.30. The number of hydrogen-bond acceptors (Lipinski definition) is 4. The molecule has 1 aliphatic rings. The number of hydrogen-bond donors (Lipinski definition) is 2. The lowest BCUT2D eigenvalue weighted by atomic mass is 10.2. The quantitative estimate of drug-likeness (QED) is 0.877. The molecule has 1 heterocycles. The molecule has 1 aliphatic heterocycles. The summed E-state index contributed by atoms with van der Waals surface area (Å²) in [5.41, 5.74) is -0.245. The number of carbonyl (C=O) groups is 1. The molecule has 2 unspecified atom stereocenters. The van der Waals surface area contributed by atoms with Crippen LogP contribution in [0.3, 0.4) is 0 Å². The summed E-state index contributed by atoms with van der Waals surface area (Å²) in [5, 5.41) is 8.96. The Morgan fingerprint density at radius 2 is 2.20 bits per heavy atom. The van der Waals surface area contributed by atoms with E-state index in [1.807, 2.05) is 0 Å². The van der Waals surface area contributed by atoms with Gasteiger partial charge in [0.05, 0.1) is 27.6 Å². The lowest BCUT2D eigenvalue weighted by Gasteiger charge is -2.16. The molecule has 0 saturated carbocycles. The van der Waals surface area contributed by atoms with E-state index in [2.05, 4.69) is 4.72 Å². The fourth-order valence-corrected chi connectivity index (χ4v) is 3.55. The van der Waals surface area contributed by atoms with Gasteiger partial charge in [0.15, 0.2) is 0 Å². The number of benzene rings is 1. The SMILES string of the molecule is CC1OCCC1NS(=O)(=O)c1ccc(Cl)c(C(=O)O)c1. The average Bonchev–Trinajstić information content (AvgIpc) is 2.74. The van der Waals surface area contributed by atoms with Crippen LogP contribution in [0.2, 0.25) is 5.02 Å². The van der Waals surface area contributed by atoms with Crippen molar-refractivity contribution in [2.75, 3.05) is 6.61 Å². The molecule has 0 spiro atoms. The molecule has 8 heteroatoms. The fourth-order valence-electron chi connectivity index (χ4n) is 1.99. The smallest absolute Gasteiger partial charge is 0.337 e. The summed E-state index contributed by atoms with van der Waals surface area (Å²) in [6.45, 7) is 2.28. The number of ether oxygens (including phenoxy) is 1. The third-order valence-corrected chi connectivity index (χ3v) is 4.98. The number of rotatable bonds is 4. The Hall–Kier alpha value is -1.15. The van der Waals surface area contributed by atoms with E-state index in [0.717, 1.165) is 6.07 Å². The van der Waals surface area contributed by atoms with Crippen molar-refractivity contribution < 1.29 is 23.1 Å². The van der Waals surface area contributed by atoms with E-state index in [0.29, 0.717) is 13.0 Å². The zero-order valence-electron chi connectivity index (χ0n) is 10.7. The third-order valence-electron chi connectivity index (χ3n) is 3.16. The van der Waals surface area contributed by atoms with Crippen LogP contribution in [0.15, 0.2) is 23.1 Å². The Labute approximate surface area is 121 Å². The van der Waals surface area contributed by atoms with Crippen LogP contribution in [0.1, 0.15) is 23.7 Å². The maximum absolute atomic E-state index is 12.2. The monoisotopic (exact) mass is 319 g/mol. The molecule has 1 fully saturated rings. The molecule has 1 aromatic carbocycles. The van der Waals surface area contributed by atoms with Crippen molar-refractivity contribution in [2.45, 2.75) is 30.4 Å². The Kier molecular flexibility index (Phi) is 4.33. The maximum atomic E-state index is 12.2. The van der Waals surface area contributed by atoms with E-state index in [9.17, 15) is 13.2 Å². The van der Waals surface area contributed by atoms with Crippen molar-refractivity contribution >= 4 is 27.6 Å². The van der Waals surface area contributed by atoms with E-state index in [4.69, 9.17) is 21.4 Å². The highest BCUT2D eigenvalue weighted by Crippen LogP contribution is 2.22. The van der Waals surface area contributed by atoms with Crippen LogP contribution in [0.25, 0.3) is 0 Å². The number of carboxylic acid groups (broad SMARTS) is 1. The molecule has 0 radical (unpaired) electrons. The first-order valence-electron chi connectivity index (χ1n) is 5.98. The Morgan fingerprint density at radius 3 is 2.75 bits per heavy atom. The van der Waals surface area contributed by atoms with E-state index in [1.165, 1.54) is 12.1 Å². The van der Waals surface area contributed by atoms with Gasteiger partial charge in [0.25, 0.3) is 0 Å². The summed E-state index contributed by atoms with van der Waals surface area (Å²) >= 11 is 5.72. The van der Waals surface area contributed by atoms with Crippen LogP contribution in [0, 0.1) is 0 Å². The van der Waals surface area contributed by atoms with Crippen LogP contribution in [-0.4, -0.2) is 38.2 Å². The largest absolute Gasteiger partial charge is 0.478 e. The van der Waals surface area contributed by atoms with Crippen LogP contribution in [0.5, 0.6) is 0 Å². The van der Waals surface area contributed by atoms with Crippen LogP contribution in [-0.2, 0) is 14.8 Å². The molecule has 6 nitrogen and oxygen atoms in total. The fraction of sp³-hybridized carbons (Fsp3) is 0.417. The molecule has 0 aromatic heterocycles. The molecule has 1 saturated heterocycles. The zero-order chi connectivity index (χ0) is 14.9. The second-order valence-corrected chi connectivity index (χ2v) is 6.66. The highest BCUT2D eigenvalue weighted by atomic mass is 35.5. The normalized spacial score (nSPS) is 22.9. The van der Waals surface area contributed by atoms with Gasteiger partial charge >= 0.3 is 5.97 Å². The molecular weight excluding hydrogens is 306 g/mol. The van der Waals surface area contributed by atoms with Crippen molar-refractivity contribution in [1.82, 2.24) is 4.72 Å². The highest BCUT2D eigenvalue weighted by Gasteiger charge is 2.29. The lowest BCUT2D eigenvalue weighted by Crippen LogP contribution is -2.39. The van der Waals surface area contributed by atoms with Crippen LogP contribution < -0.4 is 4.72 Å². The number of aromatic carboxylic acids is 1. The number of carboxylic acids is 1. The minimum absolute atomic E-state index is 0.00554. The van der Waals surface area contributed by atoms with E-state index in [1.54, 1.807) is 6.92 Å². The molecule has 20 heavy (non-hydrogen) atoms. The molecule has 0 amide bonds. The first-order chi connectivity index (χ1) is 9.31. The van der Waals surface area contributed by atoms with Crippen molar-refractivity contribution in [2.24, 2.45) is 0 Å². The van der Waals surface area contributed by atoms with Crippen molar-refractivity contribution in [1.29, 1.82) is 0 Å². The van der Waals surface area contributed by atoms with Gasteiger partial charge < -0.3 is 9.84 Å². The minimum Gasteiger partial charge on any atom is -0.478 e. The number of sulfonamides is 1. The summed E-state index contributed by atoms with van der Waals surface area (Å²) in [6, 6.07) is 3.27. The van der Waals surface area contributed by atoms with Gasteiger partial charge in [0, 0.05) is 6.61 Å². The summed E-state index contributed by atoms with van der Waals surface area (Å²) in [4.78, 5) is 10.9. The van der Waals surface area contributed by atoms with E-state index < -0.39 is 16.0 Å². The van der Waals surface area contributed by atoms with Gasteiger partial charge in [-0.05, 0) is 31.5 Å². The summed E-state index contributed by atoms with van der Waals surface area (Å²) in [6.07, 6.45) is 0.371. The molecule has 1 aromatic rings. The summed E-state index contributed by atoms with van der Waals surface area (Å²) < 4.78 is 32.2. The third kappa shape index (κ3) is 3.12. The molecular formula is C12H14ClNO5S. The van der Waals surface area contributed by atoms with Gasteiger partial charge in [-0.25, -0.2) is 17.9 Å². The molecule has 110 valence electrons. The van der Waals surface area contributed by atoms with Crippen LogP contribution >= 0.6 is 11.6 Å². The molecule has 2 atom stereocenters. The van der Waals surface area contributed by atoms with Crippen molar-refractivity contribution in [3.8, 4) is 0 Å². The zero-order valence-corrected chi connectivity index (χ0v) is 12.2. The Bertz CT molecular complexity index is 631. The predicted octanol–water partition coefficient (Wildman–Crippen LogP) is 1.49. The van der Waals surface area contributed by atoms with Gasteiger partial charge in [-0.2, -0.15) is 0 Å². The number of halogens is 1. The summed E-state index contributed by atoms with van der Waals surface area (Å²) in [5.74, 6) is -1.27. The van der Waals surface area contributed by atoms with Gasteiger partial charge in [0.2, 0.25) is 10.0 Å². The topological polar surface area (TPSA) is 92.7 Å². The molecule has 0 aliphatic carbocycles. The lowest BCUT2D eigenvalue weighted by molar-refractivity contribution is 0.0697. The maximum Gasteiger partial charge on any atom is 0.337 e. The molecule has 2 rings (SSSR count). The van der Waals surface area contributed by atoms with Gasteiger partial charge in [-0.1, -0.05) is 11.6 Å². The Morgan fingerprint density at radius 1 is 1.50 bits per heavy atom. The van der Waals surface area contributed by atoms with Crippen molar-refractivity contribution in [3.05, 3.63) is 28.8 Å². The summed E-state index contributed by atoms with van der Waals surface area (Å²) in [7, 11) is -3.80. The molecule has 2 N–H and O–H groups in total. The average molecular weight is 320 g/mol. The first-order valence-corrected chi connectivity index (χ1v) is 7.84. The number of nitrogens with one attached hydrogen (secondary N) is 1. The standard InChI is InChI=1S/C12H14ClNO5S/c1-7-11(4-5-19-7)14-20(17,18)8-2-3-10(13)9(6-8)12(15)16/h2-3,6-7,11,14H,4-5H2,1H3,(H,15,16). The highest BCUT2D eigenvalue weighted by molar-refractivity contribution is 7.89. The predicted molar refractivity (Wildman–Crippen MR) is 72.6 cm³/mol. The van der Waals surface area contributed by atoms with E-state index in [-0.39, 0.29) is 27.6 Å². The van der Waals surface area contributed by atoms with Crippen LogP contribution in [0.4, 0.5) is 0 Å².